The van der Waals surface area contributed by atoms with E-state index in [1.807, 2.05) is 48.5 Å². The van der Waals surface area contributed by atoms with Gasteiger partial charge in [-0.1, -0.05) is 72.8 Å². The van der Waals surface area contributed by atoms with E-state index in [0.717, 1.165) is 16.3 Å². The van der Waals surface area contributed by atoms with Crippen molar-refractivity contribution in [3.63, 3.8) is 0 Å². The van der Waals surface area contributed by atoms with Crippen molar-refractivity contribution in [2.75, 3.05) is 5.32 Å². The number of benzene rings is 4. The van der Waals surface area contributed by atoms with Crippen molar-refractivity contribution in [2.24, 2.45) is 0 Å². The molecule has 0 radical (unpaired) electrons. The van der Waals surface area contributed by atoms with Crippen LogP contribution in [-0.4, -0.2) is 11.9 Å². The van der Waals surface area contributed by atoms with Crippen molar-refractivity contribution in [1.82, 2.24) is 0 Å². The van der Waals surface area contributed by atoms with Gasteiger partial charge in [0.25, 0.3) is 5.91 Å². The van der Waals surface area contributed by atoms with E-state index in [1.165, 1.54) is 24.3 Å². The van der Waals surface area contributed by atoms with Crippen LogP contribution in [0, 0.1) is 5.82 Å². The van der Waals surface area contributed by atoms with Crippen LogP contribution in [0.5, 0.6) is 0 Å². The third kappa shape index (κ3) is 4.95. The molecule has 0 saturated heterocycles. The summed E-state index contributed by atoms with van der Waals surface area (Å²) in [6.07, 6.45) is -1.09. The lowest BCUT2D eigenvalue weighted by molar-refractivity contribution is -0.154. The first-order valence-corrected chi connectivity index (χ1v) is 9.87. The maximum absolute atomic E-state index is 13.2. The monoisotopic (exact) mass is 413 g/mol. The smallest absolute Gasteiger partial charge is 0.311 e. The molecule has 4 rings (SSSR count). The van der Waals surface area contributed by atoms with E-state index in [1.54, 1.807) is 24.3 Å². The molecule has 0 heterocycles. The highest BCUT2D eigenvalue weighted by atomic mass is 19.1. The van der Waals surface area contributed by atoms with Crippen LogP contribution in [0.15, 0.2) is 97.1 Å². The number of amides is 1. The van der Waals surface area contributed by atoms with Crippen molar-refractivity contribution < 1.29 is 18.7 Å². The molecule has 0 aliphatic rings. The number of rotatable bonds is 6. The van der Waals surface area contributed by atoms with Gasteiger partial charge in [-0.15, -0.1) is 0 Å². The third-order valence-corrected chi connectivity index (χ3v) is 4.92. The van der Waals surface area contributed by atoms with E-state index in [0.29, 0.717) is 11.3 Å². The van der Waals surface area contributed by atoms with Crippen molar-refractivity contribution in [2.45, 2.75) is 12.5 Å². The van der Waals surface area contributed by atoms with Gasteiger partial charge in [-0.2, -0.15) is 0 Å². The summed E-state index contributed by atoms with van der Waals surface area (Å²) < 4.78 is 18.8. The first-order chi connectivity index (χ1) is 15.1. The Morgan fingerprint density at radius 1 is 0.806 bits per heavy atom. The average molecular weight is 413 g/mol. The lowest BCUT2D eigenvalue weighted by atomic mass is 10.0. The van der Waals surface area contributed by atoms with Crippen LogP contribution in [0.3, 0.4) is 0 Å². The second kappa shape index (κ2) is 9.22. The molecule has 4 nitrogen and oxygen atoms in total. The molecule has 1 atom stereocenters. The van der Waals surface area contributed by atoms with E-state index < -0.39 is 23.8 Å². The first kappa shape index (κ1) is 20.3. The van der Waals surface area contributed by atoms with Crippen LogP contribution >= 0.6 is 0 Å². The fraction of sp³-hybridized carbons (Fsp3) is 0.0769. The van der Waals surface area contributed by atoms with Gasteiger partial charge in [0, 0.05) is 11.3 Å². The molecule has 0 bridgehead atoms. The first-order valence-electron chi connectivity index (χ1n) is 9.87. The average Bonchev–Trinajstić information content (AvgIpc) is 2.80. The Hall–Kier alpha value is -3.99. The van der Waals surface area contributed by atoms with Crippen molar-refractivity contribution in [1.29, 1.82) is 0 Å². The predicted octanol–water partition coefficient (Wildman–Crippen LogP) is 5.44. The van der Waals surface area contributed by atoms with Crippen molar-refractivity contribution in [3.05, 3.63) is 114 Å². The number of hydrogen-bond acceptors (Lipinski definition) is 3. The van der Waals surface area contributed by atoms with Gasteiger partial charge < -0.3 is 10.1 Å². The molecule has 0 unspecified atom stereocenters. The Bertz CT molecular complexity index is 1200. The zero-order valence-corrected chi connectivity index (χ0v) is 16.6. The minimum absolute atomic E-state index is 0.0362. The summed E-state index contributed by atoms with van der Waals surface area (Å²) in [5.74, 6) is -1.43. The highest BCUT2D eigenvalue weighted by Crippen LogP contribution is 2.23. The van der Waals surface area contributed by atoms with Gasteiger partial charge in [0.15, 0.2) is 0 Å². The van der Waals surface area contributed by atoms with Crippen molar-refractivity contribution in [3.8, 4) is 0 Å². The molecule has 31 heavy (non-hydrogen) atoms. The van der Waals surface area contributed by atoms with Gasteiger partial charge in [0.2, 0.25) is 6.10 Å². The van der Waals surface area contributed by atoms with E-state index in [4.69, 9.17) is 4.74 Å². The number of carbonyl (C=O) groups excluding carboxylic acids is 2. The summed E-state index contributed by atoms with van der Waals surface area (Å²) in [4.78, 5) is 25.7. The molecule has 0 aliphatic heterocycles. The second-order valence-corrected chi connectivity index (χ2v) is 7.09. The molecule has 0 spiro atoms. The van der Waals surface area contributed by atoms with Crippen LogP contribution < -0.4 is 5.32 Å². The molecule has 5 heteroatoms. The minimum atomic E-state index is -1.13. The molecule has 0 aliphatic carbocycles. The van der Waals surface area contributed by atoms with Gasteiger partial charge in [-0.3, -0.25) is 9.59 Å². The number of carbonyl (C=O) groups is 2. The normalized spacial score (nSPS) is 11.6. The molecular weight excluding hydrogens is 393 g/mol. The SMILES string of the molecule is O=C(Cc1cccc2ccccc12)O[C@@H](C(=O)Nc1ccc(F)cc1)c1ccccc1. The zero-order chi connectivity index (χ0) is 21.6. The van der Waals surface area contributed by atoms with Crippen molar-refractivity contribution >= 4 is 28.3 Å². The number of esters is 1. The highest BCUT2D eigenvalue weighted by molar-refractivity contribution is 5.96. The van der Waals surface area contributed by atoms with Gasteiger partial charge >= 0.3 is 5.97 Å². The Kier molecular flexibility index (Phi) is 6.03. The fourth-order valence-electron chi connectivity index (χ4n) is 3.42. The van der Waals surface area contributed by atoms with E-state index >= 15 is 0 Å². The molecule has 1 N–H and O–H groups in total. The zero-order valence-electron chi connectivity index (χ0n) is 16.6. The van der Waals surface area contributed by atoms with Gasteiger partial charge in [-0.05, 0) is 40.6 Å². The maximum Gasteiger partial charge on any atom is 0.311 e. The summed E-state index contributed by atoms with van der Waals surface area (Å²) in [5, 5.41) is 4.68. The van der Waals surface area contributed by atoms with Crippen LogP contribution in [-0.2, 0) is 20.7 Å². The van der Waals surface area contributed by atoms with E-state index in [2.05, 4.69) is 5.32 Å². The fourth-order valence-corrected chi connectivity index (χ4v) is 3.42. The quantitative estimate of drug-likeness (QED) is 0.428. The third-order valence-electron chi connectivity index (χ3n) is 4.92. The summed E-state index contributed by atoms with van der Waals surface area (Å²) in [7, 11) is 0. The second-order valence-electron chi connectivity index (χ2n) is 7.09. The molecule has 0 fully saturated rings. The number of halogens is 1. The Morgan fingerprint density at radius 2 is 1.48 bits per heavy atom. The predicted molar refractivity (Wildman–Crippen MR) is 118 cm³/mol. The Morgan fingerprint density at radius 3 is 2.26 bits per heavy atom. The molecule has 154 valence electrons. The lowest BCUT2D eigenvalue weighted by Gasteiger charge is -2.18. The molecule has 4 aromatic carbocycles. The van der Waals surface area contributed by atoms with E-state index in [-0.39, 0.29) is 6.42 Å². The van der Waals surface area contributed by atoms with Crippen LogP contribution in [0.2, 0.25) is 0 Å². The van der Waals surface area contributed by atoms with Gasteiger partial charge in [0.1, 0.15) is 5.82 Å². The number of nitrogens with one attached hydrogen (secondary N) is 1. The molecule has 0 aromatic heterocycles. The number of ether oxygens (including phenoxy) is 1. The molecule has 1 amide bonds. The topological polar surface area (TPSA) is 55.4 Å². The number of fused-ring (bicyclic) bond motifs is 1. The molecular formula is C26H20FNO3. The summed E-state index contributed by atoms with van der Waals surface area (Å²) in [5.41, 5.74) is 1.79. The standard InChI is InChI=1S/C26H20FNO3/c27-21-13-15-22(16-14-21)28-26(30)25(19-8-2-1-3-9-19)31-24(29)17-20-11-6-10-18-7-4-5-12-23(18)20/h1-16,25H,17H2,(H,28,30)/t25-/m1/s1. The van der Waals surface area contributed by atoms with Crippen LogP contribution in [0.25, 0.3) is 10.8 Å². The maximum atomic E-state index is 13.2. The Balaban J connectivity index is 1.55. The van der Waals surface area contributed by atoms with Gasteiger partial charge in [0.05, 0.1) is 6.42 Å². The minimum Gasteiger partial charge on any atom is -0.447 e. The highest BCUT2D eigenvalue weighted by Gasteiger charge is 2.25. The summed E-state index contributed by atoms with van der Waals surface area (Å²) >= 11 is 0. The summed E-state index contributed by atoms with van der Waals surface area (Å²) in [6.45, 7) is 0. The lowest BCUT2D eigenvalue weighted by Crippen LogP contribution is -2.26. The Labute approximate surface area is 179 Å². The number of hydrogen-bond donors (Lipinski definition) is 1. The van der Waals surface area contributed by atoms with Crippen LogP contribution in [0.1, 0.15) is 17.2 Å². The number of anilines is 1. The van der Waals surface area contributed by atoms with Gasteiger partial charge in [-0.25, -0.2) is 4.39 Å². The van der Waals surface area contributed by atoms with Crippen LogP contribution in [0.4, 0.5) is 10.1 Å². The molecule has 4 aromatic rings. The molecule has 0 saturated carbocycles. The summed E-state index contributed by atoms with van der Waals surface area (Å²) in [6, 6.07) is 27.7. The van der Waals surface area contributed by atoms with E-state index in [9.17, 15) is 14.0 Å². The largest absolute Gasteiger partial charge is 0.447 e.